The fraction of sp³-hybridized carbons (Fsp3) is 0.548. The van der Waals surface area contributed by atoms with E-state index in [-0.39, 0.29) is 49.2 Å². The minimum Gasteiger partial charge on any atom is -0.477 e. The summed E-state index contributed by atoms with van der Waals surface area (Å²) in [6.45, 7) is 16.7. The smallest absolute Gasteiger partial charge is 0.394 e. The van der Waals surface area contributed by atoms with Crippen LogP contribution in [-0.2, 0) is 0 Å². The van der Waals surface area contributed by atoms with Gasteiger partial charge in [0.15, 0.2) is 5.82 Å². The zero-order chi connectivity index (χ0) is 32.1. The summed E-state index contributed by atoms with van der Waals surface area (Å²) >= 11 is 1.05. The van der Waals surface area contributed by atoms with Crippen molar-refractivity contribution in [1.29, 1.82) is 0 Å². The van der Waals surface area contributed by atoms with Gasteiger partial charge in [-0.2, -0.15) is 13.2 Å². The van der Waals surface area contributed by atoms with E-state index in [1.807, 2.05) is 13.8 Å². The summed E-state index contributed by atoms with van der Waals surface area (Å²) in [5.41, 5.74) is -1.47. The monoisotopic (exact) mass is 633 g/mol. The highest BCUT2D eigenvalue weighted by molar-refractivity contribution is 8.13. The predicted molar refractivity (Wildman–Crippen MR) is 169 cm³/mol. The zero-order valence-electron chi connectivity index (χ0n) is 25.8. The lowest BCUT2D eigenvalue weighted by molar-refractivity contribution is -0.190. The molecule has 9 nitrogen and oxygen atoms in total. The van der Waals surface area contributed by atoms with Gasteiger partial charge in [-0.05, 0) is 77.0 Å². The number of ether oxygens (including phenoxy) is 1. The predicted octanol–water partition coefficient (Wildman–Crippen LogP) is 6.97. The molecule has 2 aromatic heterocycles. The number of alkyl halides is 3. The molecule has 44 heavy (non-hydrogen) atoms. The van der Waals surface area contributed by atoms with Crippen molar-refractivity contribution in [2.24, 2.45) is 10.4 Å². The summed E-state index contributed by atoms with van der Waals surface area (Å²) < 4.78 is 49.7. The van der Waals surface area contributed by atoms with Crippen LogP contribution in [-0.4, -0.2) is 56.6 Å². The highest BCUT2D eigenvalue weighted by Crippen LogP contribution is 2.59. The first-order chi connectivity index (χ1) is 20.9. The molecule has 5 rings (SSSR count). The lowest BCUT2D eigenvalue weighted by Gasteiger charge is -2.38. The number of aliphatic imine (C=N–C) groups is 1. The first-order valence-electron chi connectivity index (χ1n) is 15.1. The Kier molecular flexibility index (Phi) is 10.4. The minimum atomic E-state index is -4.22. The summed E-state index contributed by atoms with van der Waals surface area (Å²) in [5.74, 6) is 1.40. The summed E-state index contributed by atoms with van der Waals surface area (Å²) in [6, 6.07) is 5.17. The first-order valence-corrected chi connectivity index (χ1v) is 15.9. The van der Waals surface area contributed by atoms with E-state index in [0.717, 1.165) is 37.6 Å². The van der Waals surface area contributed by atoms with E-state index in [1.165, 1.54) is 4.68 Å². The Labute approximate surface area is 261 Å². The van der Waals surface area contributed by atoms with Crippen molar-refractivity contribution in [2.75, 3.05) is 18.1 Å². The second kappa shape index (κ2) is 13.7. The van der Waals surface area contributed by atoms with Gasteiger partial charge in [0.05, 0.1) is 17.6 Å². The second-order valence-corrected chi connectivity index (χ2v) is 12.4. The number of hydrogen-bond donors (Lipinski definition) is 2. The number of hydrogen-bond acceptors (Lipinski definition) is 8. The van der Waals surface area contributed by atoms with E-state index in [2.05, 4.69) is 52.0 Å². The topological polar surface area (TPSA) is 96.7 Å². The maximum Gasteiger partial charge on any atom is 0.394 e. The maximum absolute atomic E-state index is 13.5. The zero-order valence-corrected chi connectivity index (χ0v) is 26.7. The number of nitrogens with one attached hydrogen (secondary N) is 2. The van der Waals surface area contributed by atoms with Crippen molar-refractivity contribution in [3.8, 4) is 11.7 Å². The van der Waals surface area contributed by atoms with Gasteiger partial charge in [-0.15, -0.1) is 5.10 Å². The van der Waals surface area contributed by atoms with Gasteiger partial charge < -0.3 is 15.0 Å². The molecule has 2 N–H and O–H groups in total. The van der Waals surface area contributed by atoms with Crippen LogP contribution in [0.4, 0.5) is 19.0 Å². The number of nitrogens with zero attached hydrogens (tertiary/aromatic N) is 5. The second-order valence-electron chi connectivity index (χ2n) is 11.6. The number of halogens is 3. The molecule has 1 amide bonds. The lowest BCUT2D eigenvalue weighted by atomic mass is 10.0. The molecule has 240 valence electrons. The molecule has 1 atom stereocenters. The molecule has 2 aromatic rings. The van der Waals surface area contributed by atoms with Gasteiger partial charge in [0, 0.05) is 42.3 Å². The van der Waals surface area contributed by atoms with Gasteiger partial charge >= 0.3 is 6.18 Å². The number of anilines is 1. The fourth-order valence-electron chi connectivity index (χ4n) is 5.62. The normalized spacial score (nSPS) is 22.5. The summed E-state index contributed by atoms with van der Waals surface area (Å²) in [6.07, 6.45) is 2.81. The Morgan fingerprint density at radius 3 is 2.61 bits per heavy atom. The van der Waals surface area contributed by atoms with Crippen molar-refractivity contribution >= 4 is 28.7 Å². The van der Waals surface area contributed by atoms with Crippen molar-refractivity contribution in [2.45, 2.75) is 90.4 Å². The number of carbonyl (C=O) groups excluding carboxylic acids is 1. The Morgan fingerprint density at radius 1 is 1.18 bits per heavy atom. The number of aromatic nitrogens is 3. The van der Waals surface area contributed by atoms with E-state index >= 15 is 0 Å². The largest absolute Gasteiger partial charge is 0.477 e. The van der Waals surface area contributed by atoms with Crippen LogP contribution < -0.4 is 19.7 Å². The van der Waals surface area contributed by atoms with Crippen LogP contribution in [0.5, 0.6) is 5.88 Å². The molecule has 0 radical (unpaired) electrons. The standard InChI is InChI=1S/C29H36F3N7O2S.C2H6/c1-5-24-34-19(2)33-16-6-7-20-10-12-27(3,4)39(20)25-21(26(40)37-42-24)8-9-22(35-25)38-17-11-23(36-38)41-18-15-28(13-14-28)29(30,31)32;1-2/h5,8-9,11,17,20,33H,1-2,6-7,10,12-16,18H2,3-4H3,(H,37,40);1-2H3/b34-24+;/t20-;/m1./s1. The van der Waals surface area contributed by atoms with Gasteiger partial charge in [-0.25, -0.2) is 14.7 Å². The summed E-state index contributed by atoms with van der Waals surface area (Å²) in [4.78, 5) is 25.1. The quantitative estimate of drug-likeness (QED) is 0.332. The molecule has 0 spiro atoms. The van der Waals surface area contributed by atoms with E-state index in [4.69, 9.17) is 9.72 Å². The average molecular weight is 634 g/mol. The van der Waals surface area contributed by atoms with Crippen LogP contribution in [0.2, 0.25) is 0 Å². The van der Waals surface area contributed by atoms with E-state index in [1.54, 1.807) is 30.5 Å². The molecule has 2 fully saturated rings. The molecule has 4 heterocycles. The molecule has 3 aliphatic rings. The van der Waals surface area contributed by atoms with Crippen LogP contribution in [0.1, 0.15) is 83.0 Å². The molecule has 0 unspecified atom stereocenters. The van der Waals surface area contributed by atoms with Crippen LogP contribution >= 0.6 is 11.9 Å². The molecular weight excluding hydrogens is 591 g/mol. The van der Waals surface area contributed by atoms with Crippen LogP contribution in [0.15, 0.2) is 54.4 Å². The van der Waals surface area contributed by atoms with Crippen molar-refractivity contribution in [3.05, 3.63) is 55.0 Å². The molecular formula is C31H42F3N7O2S. The molecule has 13 heteroatoms. The maximum atomic E-state index is 13.5. The van der Waals surface area contributed by atoms with E-state index < -0.39 is 11.6 Å². The van der Waals surface area contributed by atoms with Crippen molar-refractivity contribution < 1.29 is 22.7 Å². The number of pyridine rings is 1. The van der Waals surface area contributed by atoms with Gasteiger partial charge in [0.1, 0.15) is 16.7 Å². The Morgan fingerprint density at radius 2 is 1.93 bits per heavy atom. The third kappa shape index (κ3) is 7.41. The fourth-order valence-corrected chi connectivity index (χ4v) is 6.17. The third-order valence-corrected chi connectivity index (χ3v) is 8.99. The highest BCUT2D eigenvalue weighted by Gasteiger charge is 2.62. The van der Waals surface area contributed by atoms with Crippen LogP contribution in [0.3, 0.4) is 0 Å². The molecule has 1 saturated heterocycles. The molecule has 2 aliphatic heterocycles. The van der Waals surface area contributed by atoms with Gasteiger partial charge in [0.2, 0.25) is 5.88 Å². The molecule has 1 saturated carbocycles. The third-order valence-electron chi connectivity index (χ3n) is 8.24. The highest BCUT2D eigenvalue weighted by atomic mass is 32.2. The summed E-state index contributed by atoms with van der Waals surface area (Å²) in [5, 5.41) is 8.14. The van der Waals surface area contributed by atoms with Gasteiger partial charge in [-0.3, -0.25) is 9.52 Å². The summed E-state index contributed by atoms with van der Waals surface area (Å²) in [7, 11) is 0. The van der Waals surface area contributed by atoms with Crippen molar-refractivity contribution in [3.63, 3.8) is 0 Å². The Bertz CT molecular complexity index is 1380. The molecule has 0 bridgehead atoms. The number of fused-ring (bicyclic) bond motifs is 3. The van der Waals surface area contributed by atoms with Crippen LogP contribution in [0, 0.1) is 5.41 Å². The van der Waals surface area contributed by atoms with E-state index in [9.17, 15) is 18.0 Å². The van der Waals surface area contributed by atoms with Gasteiger partial charge in [-0.1, -0.05) is 27.0 Å². The number of amides is 1. The first kappa shape index (κ1) is 33.4. The number of rotatable bonds is 6. The SMILES string of the molecule is C=C/C1=N\C(=C)NCCC[C@@H]2CCC(C)(C)N2c2nc(-n3ccc(OCCC4(C(F)(F)F)CC4)n3)ccc2C(=O)NS1.CC. The van der Waals surface area contributed by atoms with Crippen LogP contribution in [0.25, 0.3) is 5.82 Å². The number of carbonyl (C=O) groups is 1. The molecule has 0 aromatic carbocycles. The molecule has 1 aliphatic carbocycles. The van der Waals surface area contributed by atoms with E-state index in [0.29, 0.717) is 34.6 Å². The average Bonchev–Trinajstić information content (AvgIpc) is 3.55. The lowest BCUT2D eigenvalue weighted by Crippen LogP contribution is -2.45. The minimum absolute atomic E-state index is 0.0756. The Hall–Kier alpha value is -3.48. The van der Waals surface area contributed by atoms with Crippen molar-refractivity contribution in [1.82, 2.24) is 24.8 Å². The Balaban J connectivity index is 0.00000216. The van der Waals surface area contributed by atoms with Gasteiger partial charge in [0.25, 0.3) is 5.91 Å².